The van der Waals surface area contributed by atoms with Gasteiger partial charge in [-0.25, -0.2) is 24.7 Å². The maximum atomic E-state index is 12.7. The largest absolute Gasteiger partial charge is 0.334 e. The third kappa shape index (κ3) is 14.2. The molecule has 2 amide bonds. The summed E-state index contributed by atoms with van der Waals surface area (Å²) in [6.07, 6.45) is 15.6. The number of urea groups is 1. The number of nitrogens with one attached hydrogen (secondary N) is 4. The number of hydrogen-bond donors (Lipinski definition) is 5. The molecule has 2 fully saturated rings. The highest BCUT2D eigenvalue weighted by Crippen LogP contribution is 2.35. The van der Waals surface area contributed by atoms with Crippen LogP contribution in [-0.4, -0.2) is 76.6 Å². The molecule has 352 valence electrons. The molecule has 2 saturated heterocycles. The first-order valence-electron chi connectivity index (χ1n) is 23.3. The van der Waals surface area contributed by atoms with Crippen molar-refractivity contribution in [2.45, 2.75) is 94.2 Å². The molecule has 0 radical (unpaired) electrons. The van der Waals surface area contributed by atoms with E-state index in [1.54, 1.807) is 34.2 Å². The fourth-order valence-corrected chi connectivity index (χ4v) is 8.45. The van der Waals surface area contributed by atoms with E-state index in [0.29, 0.717) is 41.7 Å². The van der Waals surface area contributed by atoms with E-state index in [2.05, 4.69) is 125 Å². The van der Waals surface area contributed by atoms with E-state index < -0.39 is 0 Å². The van der Waals surface area contributed by atoms with Crippen molar-refractivity contribution >= 4 is 29.3 Å². The molecule has 2 aromatic carbocycles. The van der Waals surface area contributed by atoms with Gasteiger partial charge in [0.15, 0.2) is 0 Å². The molecule has 6 aromatic rings. The van der Waals surface area contributed by atoms with Crippen molar-refractivity contribution in [3.05, 3.63) is 108 Å². The summed E-state index contributed by atoms with van der Waals surface area (Å²) in [5.74, 6) is 2.68. The van der Waals surface area contributed by atoms with Crippen LogP contribution in [0.25, 0.3) is 22.5 Å². The van der Waals surface area contributed by atoms with Gasteiger partial charge in [0.25, 0.3) is 0 Å². The monoisotopic (exact) mass is 897 g/mol. The summed E-state index contributed by atoms with van der Waals surface area (Å²) in [6.45, 7) is 23.2. The fraction of sp³-hybridized carbons (Fsp3) is 0.471. The number of piperidine rings is 2. The number of rotatable bonds is 9. The maximum Gasteiger partial charge on any atom is 0.317 e. The van der Waals surface area contributed by atoms with E-state index >= 15 is 0 Å². The molecule has 0 unspecified atom stereocenters. The van der Waals surface area contributed by atoms with Crippen LogP contribution in [0.15, 0.2) is 85.7 Å². The number of nitrogens with zero attached hydrogens (tertiary/aromatic N) is 9. The molecule has 66 heavy (non-hydrogen) atoms. The second-order valence-corrected chi connectivity index (χ2v) is 19.7. The minimum atomic E-state index is 0.0257. The molecule has 0 saturated carbocycles. The zero-order valence-electron chi connectivity index (χ0n) is 40.8. The number of benzene rings is 2. The van der Waals surface area contributed by atoms with Crippen molar-refractivity contribution in [3.8, 4) is 22.5 Å². The first-order valence-corrected chi connectivity index (χ1v) is 23.3. The fourth-order valence-electron chi connectivity index (χ4n) is 8.45. The van der Waals surface area contributed by atoms with Crippen LogP contribution in [0.3, 0.4) is 0 Å². The quantitative estimate of drug-likeness (QED) is 0.0933. The first-order chi connectivity index (χ1) is 31.4. The van der Waals surface area contributed by atoms with Gasteiger partial charge in [-0.05, 0) is 122 Å². The molecule has 0 aliphatic carbocycles. The Morgan fingerprint density at radius 1 is 0.697 bits per heavy atom. The summed E-state index contributed by atoms with van der Waals surface area (Å²) in [7, 11) is 3.73. The van der Waals surface area contributed by atoms with Crippen molar-refractivity contribution in [2.24, 2.45) is 42.5 Å². The second-order valence-electron chi connectivity index (χ2n) is 19.7. The summed E-state index contributed by atoms with van der Waals surface area (Å²) in [5.41, 5.74) is 16.5. The zero-order chi connectivity index (χ0) is 47.4. The molecule has 2 aliphatic heterocycles. The molecular formula is C51H72N14O. The Bertz CT molecular complexity index is 2480. The predicted octanol–water partition coefficient (Wildman–Crippen LogP) is 9.32. The molecule has 6 N–H and O–H groups in total. The molecular weight excluding hydrogens is 825 g/mol. The van der Waals surface area contributed by atoms with E-state index in [4.69, 9.17) is 5.73 Å². The van der Waals surface area contributed by atoms with Gasteiger partial charge in [-0.1, -0.05) is 65.8 Å². The van der Waals surface area contributed by atoms with Crippen LogP contribution in [0.1, 0.15) is 89.5 Å². The molecule has 0 spiro atoms. The number of likely N-dealkylation sites (tertiary alicyclic amines) is 1. The normalized spacial score (nSPS) is 14.7. The van der Waals surface area contributed by atoms with Crippen LogP contribution in [0.4, 0.5) is 28.1 Å². The average molecular weight is 897 g/mol. The summed E-state index contributed by atoms with van der Waals surface area (Å²) in [4.78, 5) is 32.4. The molecule has 8 rings (SSSR count). The summed E-state index contributed by atoms with van der Waals surface area (Å²) in [6, 6.07) is 16.2. The topological polar surface area (TPSA) is 182 Å². The molecule has 4 aromatic heterocycles. The van der Waals surface area contributed by atoms with E-state index in [-0.39, 0.29) is 6.03 Å². The van der Waals surface area contributed by atoms with Crippen molar-refractivity contribution < 1.29 is 4.79 Å². The molecule has 15 heteroatoms. The van der Waals surface area contributed by atoms with Gasteiger partial charge >= 0.3 is 6.03 Å². The van der Waals surface area contributed by atoms with Gasteiger partial charge in [0.2, 0.25) is 11.9 Å². The van der Waals surface area contributed by atoms with Gasteiger partial charge in [0.1, 0.15) is 0 Å². The number of aryl methyl sites for hydroxylation is 4. The number of anilines is 4. The van der Waals surface area contributed by atoms with Gasteiger partial charge in [-0.3, -0.25) is 9.36 Å². The van der Waals surface area contributed by atoms with E-state index in [9.17, 15) is 4.79 Å². The lowest BCUT2D eigenvalue weighted by Crippen LogP contribution is -2.45. The van der Waals surface area contributed by atoms with Crippen LogP contribution < -0.4 is 27.0 Å². The van der Waals surface area contributed by atoms with Crippen LogP contribution in [-0.2, 0) is 27.2 Å². The average Bonchev–Trinajstić information content (AvgIpc) is 3.91. The van der Waals surface area contributed by atoms with E-state index in [1.165, 1.54) is 31.5 Å². The first kappa shape index (κ1) is 49.2. The Morgan fingerprint density at radius 3 is 1.58 bits per heavy atom. The van der Waals surface area contributed by atoms with Gasteiger partial charge in [-0.2, -0.15) is 10.2 Å². The van der Waals surface area contributed by atoms with Crippen molar-refractivity contribution in [2.75, 3.05) is 36.8 Å². The Hall–Kier alpha value is -6.19. The van der Waals surface area contributed by atoms with Gasteiger partial charge in [0.05, 0.1) is 35.2 Å². The Morgan fingerprint density at radius 2 is 1.17 bits per heavy atom. The molecule has 2 aliphatic rings. The van der Waals surface area contributed by atoms with Crippen molar-refractivity contribution in [3.63, 3.8) is 0 Å². The third-order valence-electron chi connectivity index (χ3n) is 12.7. The van der Waals surface area contributed by atoms with Crippen LogP contribution in [0.5, 0.6) is 0 Å². The standard InChI is InChI=1S/C26H35N7O.C16H18N6.C9H19N/c1-18-14-19(23-8-11-27-24(31-23)30-22-16-29-32(5)17-22)6-7-20(18)15-28-25(34)33-12-9-21(10-13-33)26(2,3)4;1-11-7-12(3-4-13(11)8-17)15-5-6-18-16(21-15)20-14-9-19-22(2)10-14;1-9(2,3)8-4-6-10-7-5-8/h6-8,11,14,16-17,21H,9-10,12-13,15H2,1-5H3,(H,28,34)(H,27,30,31);3-7,9-10H,8,17H2,1-2H3,(H,18,20,21);8,10H,4-7H2,1-3H3. The molecule has 0 bridgehead atoms. The number of hydrogen-bond acceptors (Lipinski definition) is 11. The molecule has 6 heterocycles. The predicted molar refractivity (Wildman–Crippen MR) is 266 cm³/mol. The summed E-state index contributed by atoms with van der Waals surface area (Å²) in [5, 5.41) is 21.1. The number of amides is 2. The van der Waals surface area contributed by atoms with Gasteiger partial charge < -0.3 is 31.9 Å². The van der Waals surface area contributed by atoms with E-state index in [1.807, 2.05) is 61.7 Å². The lowest BCUT2D eigenvalue weighted by Gasteiger charge is -2.38. The lowest BCUT2D eigenvalue weighted by molar-refractivity contribution is 0.122. The minimum absolute atomic E-state index is 0.0257. The number of aromatic nitrogens is 8. The SMILES string of the molecule is CC(C)(C)C1CCNCC1.Cc1cc(-c2ccnc(Nc3cnn(C)c3)n2)ccc1CN.Cc1cc(-c2ccnc(Nc3cnn(C)c3)n2)ccc1CNC(=O)N1CCC(C(C)(C)C)CC1. The van der Waals surface area contributed by atoms with Crippen LogP contribution >= 0.6 is 0 Å². The lowest BCUT2D eigenvalue weighted by atomic mass is 9.75. The van der Waals surface area contributed by atoms with Crippen LogP contribution in [0, 0.1) is 36.5 Å². The summed E-state index contributed by atoms with van der Waals surface area (Å²) >= 11 is 0. The van der Waals surface area contributed by atoms with Gasteiger partial charge in [0, 0.05) is 76.2 Å². The summed E-state index contributed by atoms with van der Waals surface area (Å²) < 4.78 is 3.45. The minimum Gasteiger partial charge on any atom is -0.334 e. The Kier molecular flexibility index (Phi) is 16.7. The van der Waals surface area contributed by atoms with Crippen LogP contribution in [0.2, 0.25) is 0 Å². The highest BCUT2D eigenvalue weighted by atomic mass is 16.2. The highest BCUT2D eigenvalue weighted by molar-refractivity contribution is 5.74. The number of carbonyl (C=O) groups is 1. The second kappa shape index (κ2) is 22.3. The Balaban J connectivity index is 0.000000191. The number of nitrogens with two attached hydrogens (primary N) is 1. The number of carbonyl (C=O) groups excluding carboxylic acids is 1. The third-order valence-corrected chi connectivity index (χ3v) is 12.7. The highest BCUT2D eigenvalue weighted by Gasteiger charge is 2.30. The molecule has 15 nitrogen and oxygen atoms in total. The smallest absolute Gasteiger partial charge is 0.317 e. The van der Waals surface area contributed by atoms with E-state index in [0.717, 1.165) is 82.4 Å². The van der Waals surface area contributed by atoms with Crippen molar-refractivity contribution in [1.29, 1.82) is 0 Å². The van der Waals surface area contributed by atoms with Gasteiger partial charge in [-0.15, -0.1) is 0 Å². The maximum absolute atomic E-state index is 12.7. The Labute approximate surface area is 391 Å². The van der Waals surface area contributed by atoms with Crippen molar-refractivity contribution in [1.82, 2.24) is 55.0 Å². The molecule has 0 atom stereocenters. The zero-order valence-corrected chi connectivity index (χ0v) is 40.8.